The van der Waals surface area contributed by atoms with Crippen LogP contribution in [0.1, 0.15) is 39.2 Å². The molecule has 0 spiro atoms. The minimum Gasteiger partial charge on any atom is -0.460 e. The fraction of sp³-hybridized carbons (Fsp3) is 0.696. The molecule has 1 aromatic carbocycles. The predicted octanol–water partition coefficient (Wildman–Crippen LogP) is 3.65. The van der Waals surface area contributed by atoms with Crippen molar-refractivity contribution in [3.8, 4) is 5.75 Å². The van der Waals surface area contributed by atoms with Crippen LogP contribution in [-0.4, -0.2) is 78.4 Å². The number of hydrogen-bond acceptors (Lipinski definition) is 9. The van der Waals surface area contributed by atoms with E-state index >= 15 is 0 Å². The van der Waals surface area contributed by atoms with Crippen molar-refractivity contribution in [1.29, 1.82) is 0 Å². The van der Waals surface area contributed by atoms with E-state index in [2.05, 4.69) is 4.18 Å². The number of rotatable bonds is 18. The molecule has 1 aromatic rings. The first-order valence-corrected chi connectivity index (χ1v) is 12.8. The number of ether oxygens (including phenoxy) is 5. The second kappa shape index (κ2) is 16.0. The molecule has 0 aliphatic carbocycles. The van der Waals surface area contributed by atoms with Gasteiger partial charge in [0.15, 0.2) is 0 Å². The molecule has 1 rings (SSSR count). The highest BCUT2D eigenvalue weighted by Gasteiger charge is 2.48. The summed E-state index contributed by atoms with van der Waals surface area (Å²) in [6.45, 7) is 8.32. The Labute approximate surface area is 210 Å². The summed E-state index contributed by atoms with van der Waals surface area (Å²) in [6, 6.07) is 5.47. The minimum absolute atomic E-state index is 0.188. The molecule has 208 valence electrons. The lowest BCUT2D eigenvalue weighted by atomic mass is 10.1. The van der Waals surface area contributed by atoms with Crippen molar-refractivity contribution < 1.29 is 54.3 Å². The Kier molecular flexibility index (Phi) is 14.3. The summed E-state index contributed by atoms with van der Waals surface area (Å²) in [7, 11) is -5.69. The Morgan fingerprint density at radius 3 is 1.89 bits per heavy atom. The second-order valence-electron chi connectivity index (χ2n) is 8.52. The molecule has 0 atom stereocenters. The molecular formula is C23H35F3O9S. The van der Waals surface area contributed by atoms with E-state index < -0.39 is 27.0 Å². The highest BCUT2D eigenvalue weighted by atomic mass is 32.2. The third-order valence-electron chi connectivity index (χ3n) is 4.13. The van der Waals surface area contributed by atoms with Gasteiger partial charge in [0.1, 0.15) is 11.4 Å². The molecule has 0 radical (unpaired) electrons. The van der Waals surface area contributed by atoms with Gasteiger partial charge in [0.25, 0.3) is 0 Å². The summed E-state index contributed by atoms with van der Waals surface area (Å²) >= 11 is 0. The zero-order chi connectivity index (χ0) is 27.1. The van der Waals surface area contributed by atoms with Crippen LogP contribution < -0.4 is 4.18 Å². The van der Waals surface area contributed by atoms with Crippen LogP contribution in [0.4, 0.5) is 13.2 Å². The van der Waals surface area contributed by atoms with E-state index in [1.54, 1.807) is 26.8 Å². The van der Waals surface area contributed by atoms with Crippen LogP contribution in [0.3, 0.4) is 0 Å². The standard InChI is InChI=1S/C23H35F3O9S/c1-22(2,3)34-21(27)9-11-31-13-15-33-17-16-32-14-12-30-10-5-7-19-6-4-8-20(18-19)35-36(28,29)23(24,25)26/h4,6,8,18H,5,7,9-17H2,1-3H3. The molecule has 13 heteroatoms. The molecule has 0 saturated heterocycles. The van der Waals surface area contributed by atoms with Gasteiger partial charge in [0, 0.05) is 6.61 Å². The zero-order valence-electron chi connectivity index (χ0n) is 20.8. The second-order valence-corrected chi connectivity index (χ2v) is 10.1. The van der Waals surface area contributed by atoms with Gasteiger partial charge in [-0.15, -0.1) is 0 Å². The Balaban J connectivity index is 1.99. The van der Waals surface area contributed by atoms with Crippen LogP contribution in [-0.2, 0) is 45.0 Å². The summed E-state index contributed by atoms with van der Waals surface area (Å²) in [4.78, 5) is 11.5. The highest BCUT2D eigenvalue weighted by Crippen LogP contribution is 2.27. The van der Waals surface area contributed by atoms with Gasteiger partial charge < -0.3 is 27.9 Å². The Morgan fingerprint density at radius 1 is 0.833 bits per heavy atom. The third-order valence-corrected chi connectivity index (χ3v) is 5.11. The number of halogens is 3. The maximum atomic E-state index is 12.4. The molecule has 0 bridgehead atoms. The lowest BCUT2D eigenvalue weighted by molar-refractivity contribution is -0.156. The van der Waals surface area contributed by atoms with Gasteiger partial charge in [-0.05, 0) is 51.3 Å². The van der Waals surface area contributed by atoms with Gasteiger partial charge in [-0.25, -0.2) is 0 Å². The molecule has 0 saturated carbocycles. The predicted molar refractivity (Wildman–Crippen MR) is 124 cm³/mol. The van der Waals surface area contributed by atoms with Gasteiger partial charge in [-0.1, -0.05) is 12.1 Å². The smallest absolute Gasteiger partial charge is 0.460 e. The van der Waals surface area contributed by atoms with Crippen molar-refractivity contribution in [2.45, 2.75) is 51.1 Å². The van der Waals surface area contributed by atoms with E-state index in [0.29, 0.717) is 64.7 Å². The molecule has 0 heterocycles. The lowest BCUT2D eigenvalue weighted by Gasteiger charge is -2.19. The molecule has 0 aromatic heterocycles. The van der Waals surface area contributed by atoms with Gasteiger partial charge >= 0.3 is 21.6 Å². The van der Waals surface area contributed by atoms with Crippen LogP contribution in [0.2, 0.25) is 0 Å². The van der Waals surface area contributed by atoms with Crippen molar-refractivity contribution in [1.82, 2.24) is 0 Å². The van der Waals surface area contributed by atoms with E-state index in [4.69, 9.17) is 23.7 Å². The molecular weight excluding hydrogens is 509 g/mol. The van der Waals surface area contributed by atoms with Crippen molar-refractivity contribution in [3.63, 3.8) is 0 Å². The zero-order valence-corrected chi connectivity index (χ0v) is 21.6. The van der Waals surface area contributed by atoms with E-state index in [9.17, 15) is 26.4 Å². The summed E-state index contributed by atoms with van der Waals surface area (Å²) in [5.74, 6) is -0.700. The minimum atomic E-state index is -5.69. The van der Waals surface area contributed by atoms with Crippen LogP contribution in [0.15, 0.2) is 24.3 Å². The number of hydrogen-bond donors (Lipinski definition) is 0. The number of carbonyl (C=O) groups is 1. The third kappa shape index (κ3) is 15.2. The number of benzene rings is 1. The van der Waals surface area contributed by atoms with Gasteiger partial charge in [0.05, 0.1) is 52.7 Å². The lowest BCUT2D eigenvalue weighted by Crippen LogP contribution is -2.28. The molecule has 9 nitrogen and oxygen atoms in total. The van der Waals surface area contributed by atoms with E-state index in [1.807, 2.05) is 0 Å². The monoisotopic (exact) mass is 544 g/mol. The Hall–Kier alpha value is -1.93. The van der Waals surface area contributed by atoms with Crippen LogP contribution >= 0.6 is 0 Å². The van der Waals surface area contributed by atoms with Crippen molar-refractivity contribution >= 4 is 16.1 Å². The van der Waals surface area contributed by atoms with Gasteiger partial charge in [-0.2, -0.15) is 21.6 Å². The van der Waals surface area contributed by atoms with Crippen molar-refractivity contribution in [2.24, 2.45) is 0 Å². The number of alkyl halides is 3. The first-order chi connectivity index (χ1) is 16.8. The normalized spacial score (nSPS) is 12.5. The number of carbonyl (C=O) groups excluding carboxylic acids is 1. The van der Waals surface area contributed by atoms with Crippen LogP contribution in [0.25, 0.3) is 0 Å². The molecule has 36 heavy (non-hydrogen) atoms. The van der Waals surface area contributed by atoms with Gasteiger partial charge in [-0.3, -0.25) is 4.79 Å². The highest BCUT2D eigenvalue weighted by molar-refractivity contribution is 7.88. The molecule has 0 aliphatic heterocycles. The molecule has 0 fully saturated rings. The summed E-state index contributed by atoms with van der Waals surface area (Å²) in [5.41, 5.74) is -5.37. The van der Waals surface area contributed by atoms with E-state index in [0.717, 1.165) is 6.07 Å². The maximum Gasteiger partial charge on any atom is 0.534 e. The maximum absolute atomic E-state index is 12.4. The molecule has 0 N–H and O–H groups in total. The summed E-state index contributed by atoms with van der Waals surface area (Å²) in [6.07, 6.45) is 1.23. The number of esters is 1. The summed E-state index contributed by atoms with van der Waals surface area (Å²) in [5, 5.41) is 0. The topological polar surface area (TPSA) is 107 Å². The molecule has 0 unspecified atom stereocenters. The summed E-state index contributed by atoms with van der Waals surface area (Å²) < 4.78 is 90.1. The largest absolute Gasteiger partial charge is 0.534 e. The molecule has 0 aliphatic rings. The Morgan fingerprint density at radius 2 is 1.36 bits per heavy atom. The van der Waals surface area contributed by atoms with Crippen molar-refractivity contribution in [3.05, 3.63) is 29.8 Å². The van der Waals surface area contributed by atoms with E-state index in [-0.39, 0.29) is 19.0 Å². The van der Waals surface area contributed by atoms with Crippen molar-refractivity contribution in [2.75, 3.05) is 52.9 Å². The average Bonchev–Trinajstić information content (AvgIpc) is 2.74. The van der Waals surface area contributed by atoms with Crippen LogP contribution in [0.5, 0.6) is 5.75 Å². The first kappa shape index (κ1) is 32.1. The fourth-order valence-electron chi connectivity index (χ4n) is 2.61. The Bertz CT molecular complexity index is 868. The van der Waals surface area contributed by atoms with E-state index in [1.165, 1.54) is 12.1 Å². The number of aryl methyl sites for hydroxylation is 1. The molecule has 0 amide bonds. The first-order valence-electron chi connectivity index (χ1n) is 11.4. The van der Waals surface area contributed by atoms with Gasteiger partial charge in [0.2, 0.25) is 0 Å². The fourth-order valence-corrected chi connectivity index (χ4v) is 3.07. The van der Waals surface area contributed by atoms with Crippen LogP contribution in [0, 0.1) is 0 Å². The average molecular weight is 545 g/mol. The quantitative estimate of drug-likeness (QED) is 0.118. The SMILES string of the molecule is CC(C)(C)OC(=O)CCOCCOCCOCCOCCCc1cccc(OS(=O)(=O)C(F)(F)F)c1.